The Balaban J connectivity index is 1.42. The van der Waals surface area contributed by atoms with E-state index in [-0.39, 0.29) is 0 Å². The second-order valence-corrected chi connectivity index (χ2v) is 6.72. The van der Waals surface area contributed by atoms with Gasteiger partial charge in [0.1, 0.15) is 11.8 Å². The smallest absolute Gasteiger partial charge is 0.203 e. The van der Waals surface area contributed by atoms with Crippen molar-refractivity contribution in [3.05, 3.63) is 23.7 Å². The van der Waals surface area contributed by atoms with Crippen molar-refractivity contribution < 1.29 is 4.42 Å². The molecule has 3 heteroatoms. The van der Waals surface area contributed by atoms with E-state index in [1.165, 1.54) is 32.1 Å². The molecule has 3 nitrogen and oxygen atoms in total. The average Bonchev–Trinajstić information content (AvgIpc) is 2.85. The summed E-state index contributed by atoms with van der Waals surface area (Å²) in [6, 6.07) is 6.40. The third-order valence-corrected chi connectivity index (χ3v) is 5.51. The van der Waals surface area contributed by atoms with E-state index < -0.39 is 0 Å². The summed E-state index contributed by atoms with van der Waals surface area (Å²) in [5, 5.41) is 12.5. The van der Waals surface area contributed by atoms with E-state index in [9.17, 15) is 0 Å². The van der Waals surface area contributed by atoms with Crippen LogP contribution in [0, 0.1) is 35.0 Å². The Bertz CT molecular complexity index is 485. The molecule has 1 N–H and O–H groups in total. The van der Waals surface area contributed by atoms with E-state index in [0.29, 0.717) is 11.8 Å². The molecule has 1 aromatic heterocycles. The predicted octanol–water partition coefficient (Wildman–Crippen LogP) is 3.07. The van der Waals surface area contributed by atoms with Gasteiger partial charge in [0.15, 0.2) is 0 Å². The van der Waals surface area contributed by atoms with Gasteiger partial charge in [-0.25, -0.2) is 0 Å². The van der Waals surface area contributed by atoms with Gasteiger partial charge in [0.2, 0.25) is 5.76 Å². The third-order valence-electron chi connectivity index (χ3n) is 5.51. The van der Waals surface area contributed by atoms with Crippen LogP contribution in [0.5, 0.6) is 0 Å². The van der Waals surface area contributed by atoms with Crippen molar-refractivity contribution in [2.75, 3.05) is 0 Å². The zero-order valence-electron chi connectivity index (χ0n) is 11.1. The minimum atomic E-state index is 0.418. The molecule has 4 fully saturated rings. The Labute approximate surface area is 114 Å². The van der Waals surface area contributed by atoms with Crippen molar-refractivity contribution in [2.24, 2.45) is 23.7 Å². The highest BCUT2D eigenvalue weighted by atomic mass is 16.3. The van der Waals surface area contributed by atoms with Crippen LogP contribution >= 0.6 is 0 Å². The van der Waals surface area contributed by atoms with E-state index in [1.807, 2.05) is 12.1 Å². The molecule has 0 atom stereocenters. The molecule has 0 saturated heterocycles. The minimum absolute atomic E-state index is 0.418. The van der Waals surface area contributed by atoms with Crippen LogP contribution in [0.4, 0.5) is 0 Å². The molecular weight excluding hydrogens is 236 g/mol. The summed E-state index contributed by atoms with van der Waals surface area (Å²) in [6.07, 6.45) is 7.25. The van der Waals surface area contributed by atoms with Crippen LogP contribution in [0.3, 0.4) is 0 Å². The Morgan fingerprint density at radius 2 is 1.79 bits per heavy atom. The molecule has 4 bridgehead atoms. The van der Waals surface area contributed by atoms with E-state index in [0.717, 1.165) is 36.0 Å². The van der Waals surface area contributed by atoms with E-state index in [4.69, 9.17) is 9.68 Å². The molecule has 100 valence electrons. The second kappa shape index (κ2) is 4.38. The average molecular weight is 256 g/mol. The lowest BCUT2D eigenvalue weighted by Crippen LogP contribution is -2.54. The summed E-state index contributed by atoms with van der Waals surface area (Å²) in [4.78, 5) is 0. The van der Waals surface area contributed by atoms with Crippen LogP contribution in [-0.4, -0.2) is 6.04 Å². The number of rotatable bonds is 3. The van der Waals surface area contributed by atoms with Crippen molar-refractivity contribution in [3.63, 3.8) is 0 Å². The van der Waals surface area contributed by atoms with Crippen LogP contribution in [-0.2, 0) is 6.54 Å². The maximum Gasteiger partial charge on any atom is 0.203 e. The lowest BCUT2D eigenvalue weighted by molar-refractivity contribution is -0.0147. The molecular formula is C16H20N2O. The van der Waals surface area contributed by atoms with Gasteiger partial charge in [-0.3, -0.25) is 0 Å². The van der Waals surface area contributed by atoms with Crippen molar-refractivity contribution in [1.29, 1.82) is 5.26 Å². The fraction of sp³-hybridized carbons (Fsp3) is 0.688. The molecule has 0 aliphatic heterocycles. The normalized spacial score (nSPS) is 39.4. The Morgan fingerprint density at radius 3 is 2.37 bits per heavy atom. The molecule has 0 unspecified atom stereocenters. The van der Waals surface area contributed by atoms with Crippen LogP contribution in [0.2, 0.25) is 0 Å². The summed E-state index contributed by atoms with van der Waals surface area (Å²) in [5.74, 6) is 5.14. The third kappa shape index (κ3) is 1.99. The van der Waals surface area contributed by atoms with E-state index in [1.54, 1.807) is 6.07 Å². The lowest BCUT2D eigenvalue weighted by Gasteiger charge is -2.54. The van der Waals surface area contributed by atoms with Crippen molar-refractivity contribution in [2.45, 2.75) is 44.7 Å². The van der Waals surface area contributed by atoms with Crippen molar-refractivity contribution in [3.8, 4) is 6.07 Å². The number of furan rings is 1. The van der Waals surface area contributed by atoms with E-state index >= 15 is 0 Å². The first-order chi connectivity index (χ1) is 9.31. The molecule has 4 aliphatic carbocycles. The molecule has 0 radical (unpaired) electrons. The maximum atomic E-state index is 8.77. The molecule has 5 rings (SSSR count). The van der Waals surface area contributed by atoms with Gasteiger partial charge in [0, 0.05) is 6.04 Å². The van der Waals surface area contributed by atoms with Crippen molar-refractivity contribution in [1.82, 2.24) is 5.32 Å². The van der Waals surface area contributed by atoms with Crippen molar-refractivity contribution >= 4 is 0 Å². The Hall–Kier alpha value is -1.27. The molecule has 0 spiro atoms. The van der Waals surface area contributed by atoms with Crippen LogP contribution in [0.25, 0.3) is 0 Å². The van der Waals surface area contributed by atoms with Gasteiger partial charge >= 0.3 is 0 Å². The van der Waals surface area contributed by atoms with Gasteiger partial charge in [-0.05, 0) is 67.9 Å². The zero-order valence-corrected chi connectivity index (χ0v) is 11.1. The van der Waals surface area contributed by atoms with Gasteiger partial charge in [-0.2, -0.15) is 5.26 Å². The highest BCUT2D eigenvalue weighted by Gasteiger charge is 2.47. The molecule has 4 saturated carbocycles. The number of nitrogens with zero attached hydrogens (tertiary/aromatic N) is 1. The number of hydrogen-bond acceptors (Lipinski definition) is 3. The zero-order chi connectivity index (χ0) is 12.8. The monoisotopic (exact) mass is 256 g/mol. The van der Waals surface area contributed by atoms with Gasteiger partial charge in [-0.15, -0.1) is 0 Å². The Kier molecular flexibility index (Phi) is 2.66. The highest BCUT2D eigenvalue weighted by molar-refractivity contribution is 5.19. The number of nitrogens with one attached hydrogen (secondary N) is 1. The molecule has 1 heterocycles. The van der Waals surface area contributed by atoms with Crippen LogP contribution in [0.15, 0.2) is 16.5 Å². The van der Waals surface area contributed by atoms with Gasteiger partial charge in [-0.1, -0.05) is 0 Å². The summed E-state index contributed by atoms with van der Waals surface area (Å²) in [7, 11) is 0. The first-order valence-corrected chi connectivity index (χ1v) is 7.54. The minimum Gasteiger partial charge on any atom is -0.449 e. The fourth-order valence-corrected chi connectivity index (χ4v) is 5.01. The summed E-state index contributed by atoms with van der Waals surface area (Å²) < 4.78 is 5.45. The fourth-order valence-electron chi connectivity index (χ4n) is 5.01. The van der Waals surface area contributed by atoms with E-state index in [2.05, 4.69) is 5.32 Å². The molecule has 4 aliphatic rings. The predicted molar refractivity (Wildman–Crippen MR) is 71.1 cm³/mol. The van der Waals surface area contributed by atoms with Gasteiger partial charge in [0.25, 0.3) is 0 Å². The highest BCUT2D eigenvalue weighted by Crippen LogP contribution is 2.53. The first-order valence-electron chi connectivity index (χ1n) is 7.54. The lowest BCUT2D eigenvalue weighted by atomic mass is 9.54. The van der Waals surface area contributed by atoms with Gasteiger partial charge in [0.05, 0.1) is 6.54 Å². The number of nitriles is 1. The largest absolute Gasteiger partial charge is 0.449 e. The quantitative estimate of drug-likeness (QED) is 0.904. The molecule has 19 heavy (non-hydrogen) atoms. The SMILES string of the molecule is N#Cc1ccc(CNC2C3CC4CC(C3)CC2C4)o1. The summed E-state index contributed by atoms with van der Waals surface area (Å²) in [6.45, 7) is 0.772. The second-order valence-electron chi connectivity index (χ2n) is 6.72. The van der Waals surface area contributed by atoms with Gasteiger partial charge < -0.3 is 9.73 Å². The van der Waals surface area contributed by atoms with Crippen LogP contribution < -0.4 is 5.32 Å². The molecule has 1 aromatic rings. The van der Waals surface area contributed by atoms with Crippen LogP contribution in [0.1, 0.15) is 43.6 Å². The Morgan fingerprint density at radius 1 is 1.11 bits per heavy atom. The molecule has 0 amide bonds. The number of hydrogen-bond donors (Lipinski definition) is 1. The first kappa shape index (κ1) is 11.5. The summed E-state index contributed by atoms with van der Waals surface area (Å²) >= 11 is 0. The standard InChI is InChI=1S/C16H20N2O/c17-8-14-1-2-15(19-14)9-18-16-12-4-10-3-11(6-12)7-13(16)5-10/h1-2,10-13,16,18H,3-7,9H2. The topological polar surface area (TPSA) is 49.0 Å². The molecule has 0 aromatic carbocycles. The maximum absolute atomic E-state index is 8.77. The summed E-state index contributed by atoms with van der Waals surface area (Å²) in [5.41, 5.74) is 0.